The van der Waals surface area contributed by atoms with Gasteiger partial charge < -0.3 is 5.11 Å². The lowest BCUT2D eigenvalue weighted by Gasteiger charge is -2.13. The first-order valence-electron chi connectivity index (χ1n) is 6.95. The molecule has 0 saturated carbocycles. The van der Waals surface area contributed by atoms with Gasteiger partial charge in [-0.2, -0.15) is 0 Å². The van der Waals surface area contributed by atoms with Crippen molar-refractivity contribution >= 4 is 29.2 Å². The Morgan fingerprint density at radius 3 is 2.22 bits per heavy atom. The number of hydrogen-bond donors (Lipinski definition) is 1. The van der Waals surface area contributed by atoms with E-state index in [1.807, 2.05) is 36.4 Å². The van der Waals surface area contributed by atoms with Gasteiger partial charge in [-0.05, 0) is 29.3 Å². The lowest BCUT2D eigenvalue weighted by atomic mass is 9.97. The highest BCUT2D eigenvalue weighted by atomic mass is 35.5. The standard InChI is InChI=1S/C19H12Cl2O2/c20-16-10-9-15(12-5-2-1-3-6-12)18(21)17(16)13-7-4-8-14(11-13)19(22)23/h1-11H,(H,22,23). The predicted octanol–water partition coefficient (Wildman–Crippen LogP) is 6.03. The van der Waals surface area contributed by atoms with Crippen LogP contribution in [0.15, 0.2) is 66.7 Å². The fourth-order valence-corrected chi connectivity index (χ4v) is 3.16. The average molecular weight is 343 g/mol. The van der Waals surface area contributed by atoms with Crippen molar-refractivity contribution in [1.29, 1.82) is 0 Å². The van der Waals surface area contributed by atoms with E-state index < -0.39 is 5.97 Å². The summed E-state index contributed by atoms with van der Waals surface area (Å²) in [6, 6.07) is 20.0. The van der Waals surface area contributed by atoms with Gasteiger partial charge in [-0.3, -0.25) is 0 Å². The van der Waals surface area contributed by atoms with Crippen molar-refractivity contribution in [3.63, 3.8) is 0 Å². The molecule has 0 saturated heterocycles. The van der Waals surface area contributed by atoms with E-state index in [1.165, 1.54) is 6.07 Å². The van der Waals surface area contributed by atoms with Crippen molar-refractivity contribution in [1.82, 2.24) is 0 Å². The number of rotatable bonds is 3. The molecule has 3 aromatic carbocycles. The van der Waals surface area contributed by atoms with Crippen LogP contribution in [0.25, 0.3) is 22.3 Å². The van der Waals surface area contributed by atoms with Crippen LogP contribution < -0.4 is 0 Å². The smallest absolute Gasteiger partial charge is 0.335 e. The van der Waals surface area contributed by atoms with Gasteiger partial charge in [-0.15, -0.1) is 0 Å². The minimum atomic E-state index is -0.988. The first-order valence-corrected chi connectivity index (χ1v) is 7.70. The number of halogens is 2. The van der Waals surface area contributed by atoms with Crippen LogP contribution in [0.5, 0.6) is 0 Å². The van der Waals surface area contributed by atoms with E-state index in [0.29, 0.717) is 21.2 Å². The zero-order valence-corrected chi connectivity index (χ0v) is 13.5. The van der Waals surface area contributed by atoms with Crippen molar-refractivity contribution in [2.75, 3.05) is 0 Å². The summed E-state index contributed by atoms with van der Waals surface area (Å²) in [6.07, 6.45) is 0. The van der Waals surface area contributed by atoms with E-state index in [9.17, 15) is 4.79 Å². The Labute approximate surface area is 143 Å². The van der Waals surface area contributed by atoms with E-state index in [2.05, 4.69) is 0 Å². The largest absolute Gasteiger partial charge is 0.478 e. The lowest BCUT2D eigenvalue weighted by Crippen LogP contribution is -1.96. The zero-order chi connectivity index (χ0) is 16.4. The maximum absolute atomic E-state index is 11.2. The van der Waals surface area contributed by atoms with E-state index in [0.717, 1.165) is 11.1 Å². The number of aromatic carboxylic acids is 1. The molecule has 0 spiro atoms. The number of hydrogen-bond acceptors (Lipinski definition) is 1. The lowest BCUT2D eigenvalue weighted by molar-refractivity contribution is 0.0697. The van der Waals surface area contributed by atoms with Gasteiger partial charge in [0.15, 0.2) is 0 Å². The van der Waals surface area contributed by atoms with E-state index >= 15 is 0 Å². The summed E-state index contributed by atoms with van der Waals surface area (Å²) in [5.74, 6) is -0.988. The maximum atomic E-state index is 11.2. The maximum Gasteiger partial charge on any atom is 0.335 e. The molecule has 0 radical (unpaired) electrons. The second-order valence-electron chi connectivity index (χ2n) is 5.04. The molecule has 2 nitrogen and oxygen atoms in total. The summed E-state index contributed by atoms with van der Waals surface area (Å²) in [7, 11) is 0. The van der Waals surface area contributed by atoms with Crippen LogP contribution in [0.4, 0.5) is 0 Å². The van der Waals surface area contributed by atoms with E-state index in [-0.39, 0.29) is 5.56 Å². The monoisotopic (exact) mass is 342 g/mol. The predicted molar refractivity (Wildman–Crippen MR) is 94.3 cm³/mol. The Hall–Kier alpha value is -2.29. The molecule has 4 heteroatoms. The molecule has 0 aliphatic carbocycles. The molecule has 0 unspecified atom stereocenters. The van der Waals surface area contributed by atoms with Crippen LogP contribution in [0.2, 0.25) is 10.0 Å². The van der Waals surface area contributed by atoms with Crippen LogP contribution in [-0.2, 0) is 0 Å². The van der Waals surface area contributed by atoms with Gasteiger partial charge in [0, 0.05) is 16.1 Å². The normalized spacial score (nSPS) is 10.5. The fraction of sp³-hybridized carbons (Fsp3) is 0. The minimum absolute atomic E-state index is 0.194. The second kappa shape index (κ2) is 6.45. The molecule has 0 fully saturated rings. The third-order valence-corrected chi connectivity index (χ3v) is 4.28. The van der Waals surface area contributed by atoms with Crippen LogP contribution in [0.3, 0.4) is 0 Å². The van der Waals surface area contributed by atoms with Crippen LogP contribution >= 0.6 is 23.2 Å². The highest BCUT2D eigenvalue weighted by molar-refractivity contribution is 6.41. The molecule has 0 aliphatic heterocycles. The molecule has 3 aromatic rings. The number of carboxylic acid groups (broad SMARTS) is 1. The molecule has 0 atom stereocenters. The Kier molecular flexibility index (Phi) is 4.37. The number of carboxylic acids is 1. The molecular formula is C19H12Cl2O2. The summed E-state index contributed by atoms with van der Waals surface area (Å²) < 4.78 is 0. The first kappa shape index (κ1) is 15.6. The van der Waals surface area contributed by atoms with Crippen LogP contribution in [-0.4, -0.2) is 11.1 Å². The van der Waals surface area contributed by atoms with Gasteiger partial charge in [0.1, 0.15) is 0 Å². The van der Waals surface area contributed by atoms with Gasteiger partial charge in [0.05, 0.1) is 10.6 Å². The summed E-state index contributed by atoms with van der Waals surface area (Å²) >= 11 is 12.9. The van der Waals surface area contributed by atoms with Crippen molar-refractivity contribution in [3.8, 4) is 22.3 Å². The molecule has 0 aromatic heterocycles. The second-order valence-corrected chi connectivity index (χ2v) is 5.82. The molecule has 0 aliphatic rings. The van der Waals surface area contributed by atoms with E-state index in [4.69, 9.17) is 28.3 Å². The zero-order valence-electron chi connectivity index (χ0n) is 12.0. The van der Waals surface area contributed by atoms with Crippen LogP contribution in [0, 0.1) is 0 Å². The Morgan fingerprint density at radius 2 is 1.52 bits per heavy atom. The van der Waals surface area contributed by atoms with E-state index in [1.54, 1.807) is 24.3 Å². The summed E-state index contributed by atoms with van der Waals surface area (Å²) in [5, 5.41) is 10.2. The highest BCUT2D eigenvalue weighted by Gasteiger charge is 2.15. The molecule has 114 valence electrons. The van der Waals surface area contributed by atoms with Gasteiger partial charge in [-0.25, -0.2) is 4.79 Å². The Balaban J connectivity index is 2.20. The molecule has 0 bridgehead atoms. The summed E-state index contributed by atoms with van der Waals surface area (Å²) in [6.45, 7) is 0. The Morgan fingerprint density at radius 1 is 0.826 bits per heavy atom. The van der Waals surface area contributed by atoms with Gasteiger partial charge in [0.25, 0.3) is 0 Å². The third-order valence-electron chi connectivity index (χ3n) is 3.57. The number of benzene rings is 3. The quantitative estimate of drug-likeness (QED) is 0.631. The topological polar surface area (TPSA) is 37.3 Å². The fourth-order valence-electron chi connectivity index (χ4n) is 2.47. The summed E-state index contributed by atoms with van der Waals surface area (Å²) in [5.41, 5.74) is 3.34. The SMILES string of the molecule is O=C(O)c1cccc(-c2c(Cl)ccc(-c3ccccc3)c2Cl)c1. The Bertz CT molecular complexity index is 874. The summed E-state index contributed by atoms with van der Waals surface area (Å²) in [4.78, 5) is 11.2. The molecular weight excluding hydrogens is 331 g/mol. The number of carbonyl (C=O) groups is 1. The van der Waals surface area contributed by atoms with Gasteiger partial charge in [-0.1, -0.05) is 71.7 Å². The molecule has 1 N–H and O–H groups in total. The molecule has 3 rings (SSSR count). The van der Waals surface area contributed by atoms with Crippen molar-refractivity contribution in [2.24, 2.45) is 0 Å². The molecule has 23 heavy (non-hydrogen) atoms. The third kappa shape index (κ3) is 3.09. The average Bonchev–Trinajstić information content (AvgIpc) is 2.56. The first-order chi connectivity index (χ1) is 11.1. The van der Waals surface area contributed by atoms with Crippen molar-refractivity contribution in [2.45, 2.75) is 0 Å². The van der Waals surface area contributed by atoms with Gasteiger partial charge in [0.2, 0.25) is 0 Å². The highest BCUT2D eigenvalue weighted by Crippen LogP contribution is 2.41. The van der Waals surface area contributed by atoms with Gasteiger partial charge >= 0.3 is 5.97 Å². The van der Waals surface area contributed by atoms with Crippen molar-refractivity contribution < 1.29 is 9.90 Å². The molecule has 0 amide bonds. The molecule has 0 heterocycles. The van der Waals surface area contributed by atoms with Crippen LogP contribution in [0.1, 0.15) is 10.4 Å². The van der Waals surface area contributed by atoms with Crippen molar-refractivity contribution in [3.05, 3.63) is 82.3 Å². The minimum Gasteiger partial charge on any atom is -0.478 e.